The van der Waals surface area contributed by atoms with Crippen molar-refractivity contribution in [1.82, 2.24) is 14.1 Å². The van der Waals surface area contributed by atoms with Crippen LogP contribution in [0.1, 0.15) is 39.9 Å². The lowest BCUT2D eigenvalue weighted by Gasteiger charge is -2.38. The summed E-state index contributed by atoms with van der Waals surface area (Å²) in [5.74, 6) is -0.266. The fraction of sp³-hybridized carbons (Fsp3) is 0.462. The van der Waals surface area contributed by atoms with Crippen LogP contribution in [0.2, 0.25) is 0 Å². The Labute approximate surface area is 202 Å². The molecule has 0 aromatic heterocycles. The van der Waals surface area contributed by atoms with Crippen LogP contribution in [0.15, 0.2) is 47.4 Å². The summed E-state index contributed by atoms with van der Waals surface area (Å²) in [5.41, 5.74) is 3.50. The Morgan fingerprint density at radius 3 is 2.12 bits per heavy atom. The summed E-state index contributed by atoms with van der Waals surface area (Å²) in [6, 6.07) is 12.9. The molecule has 2 aromatic rings. The molecule has 1 unspecified atom stereocenters. The minimum Gasteiger partial charge on any atom is -0.340 e. The van der Waals surface area contributed by atoms with Crippen LogP contribution < -0.4 is 0 Å². The lowest BCUT2D eigenvalue weighted by atomic mass is 9.95. The van der Waals surface area contributed by atoms with E-state index in [0.29, 0.717) is 36.6 Å². The first-order chi connectivity index (χ1) is 16.2. The van der Waals surface area contributed by atoms with Crippen LogP contribution in [-0.4, -0.2) is 73.6 Å². The number of sulfonamides is 1. The molecule has 8 heteroatoms. The zero-order chi connectivity index (χ0) is 24.5. The molecule has 0 saturated carbocycles. The third-order valence-electron chi connectivity index (χ3n) is 6.85. The van der Waals surface area contributed by atoms with Crippen molar-refractivity contribution < 1.29 is 18.0 Å². The van der Waals surface area contributed by atoms with Gasteiger partial charge in [-0.2, -0.15) is 4.31 Å². The highest BCUT2D eigenvalue weighted by atomic mass is 32.2. The molecule has 2 aromatic carbocycles. The number of piperazine rings is 1. The second-order valence-corrected chi connectivity index (χ2v) is 11.4. The summed E-state index contributed by atoms with van der Waals surface area (Å²) in [6.07, 6.45) is 1.53. The average molecular weight is 484 g/mol. The van der Waals surface area contributed by atoms with Crippen LogP contribution in [0.5, 0.6) is 0 Å². The lowest BCUT2D eigenvalue weighted by molar-refractivity contribution is -0.138. The van der Waals surface area contributed by atoms with Gasteiger partial charge in [-0.05, 0) is 57.4 Å². The van der Waals surface area contributed by atoms with E-state index in [1.54, 1.807) is 15.9 Å². The van der Waals surface area contributed by atoms with Crippen molar-refractivity contribution in [3.63, 3.8) is 0 Å². The average Bonchev–Trinajstić information content (AvgIpc) is 2.83. The van der Waals surface area contributed by atoms with Gasteiger partial charge in [0.05, 0.1) is 10.8 Å². The van der Waals surface area contributed by atoms with E-state index in [4.69, 9.17) is 0 Å². The van der Waals surface area contributed by atoms with Crippen molar-refractivity contribution >= 4 is 21.8 Å². The molecule has 4 rings (SSSR count). The molecule has 0 aliphatic carbocycles. The molecule has 0 bridgehead atoms. The molecule has 2 amide bonds. The van der Waals surface area contributed by atoms with Crippen molar-refractivity contribution in [1.29, 1.82) is 0 Å². The van der Waals surface area contributed by atoms with Gasteiger partial charge in [-0.15, -0.1) is 0 Å². The molecule has 2 aliphatic rings. The molecule has 2 aliphatic heterocycles. The molecule has 34 heavy (non-hydrogen) atoms. The van der Waals surface area contributed by atoms with Crippen molar-refractivity contribution in [3.8, 4) is 0 Å². The summed E-state index contributed by atoms with van der Waals surface area (Å²) in [7, 11) is -3.59. The monoisotopic (exact) mass is 483 g/mol. The Kier molecular flexibility index (Phi) is 7.09. The fourth-order valence-electron chi connectivity index (χ4n) is 4.88. The zero-order valence-electron chi connectivity index (χ0n) is 20.2. The Bertz CT molecular complexity index is 1170. The first kappa shape index (κ1) is 24.4. The summed E-state index contributed by atoms with van der Waals surface area (Å²) in [6.45, 7) is 8.08. The van der Waals surface area contributed by atoms with Gasteiger partial charge in [-0.25, -0.2) is 8.42 Å². The Morgan fingerprint density at radius 2 is 1.47 bits per heavy atom. The van der Waals surface area contributed by atoms with E-state index in [1.165, 1.54) is 4.31 Å². The number of amides is 2. The normalized spacial score (nSPS) is 19.8. The number of likely N-dealkylation sites (tertiary alicyclic amines) is 1. The second kappa shape index (κ2) is 9.88. The van der Waals surface area contributed by atoms with Crippen LogP contribution in [0, 0.1) is 26.7 Å². The molecule has 7 nitrogen and oxygen atoms in total. The molecule has 182 valence electrons. The predicted octanol–water partition coefficient (Wildman–Crippen LogP) is 3.00. The number of piperidine rings is 1. The van der Waals surface area contributed by atoms with Crippen LogP contribution in [0.4, 0.5) is 0 Å². The third kappa shape index (κ3) is 5.03. The maximum Gasteiger partial charge on any atom is 0.253 e. The van der Waals surface area contributed by atoms with Crippen LogP contribution in [-0.2, 0) is 14.8 Å². The van der Waals surface area contributed by atoms with Gasteiger partial charge in [0.25, 0.3) is 5.91 Å². The standard InChI is InChI=1S/C26H33N3O4S/c1-19-6-9-22(10-7-19)25(30)28-12-4-5-23(18-28)26(31)27-13-15-29(16-14-27)34(32,33)24-11-8-20(2)17-21(24)3/h6-11,17,23H,4-5,12-16,18H2,1-3H3. The summed E-state index contributed by atoms with van der Waals surface area (Å²) in [4.78, 5) is 30.0. The second-order valence-electron chi connectivity index (χ2n) is 9.45. The van der Waals surface area contributed by atoms with Gasteiger partial charge in [0, 0.05) is 44.8 Å². The van der Waals surface area contributed by atoms with E-state index in [9.17, 15) is 18.0 Å². The number of benzene rings is 2. The Hall–Kier alpha value is -2.71. The van der Waals surface area contributed by atoms with Gasteiger partial charge in [0.1, 0.15) is 0 Å². The number of carbonyl (C=O) groups is 2. The van der Waals surface area contributed by atoms with E-state index < -0.39 is 10.0 Å². The van der Waals surface area contributed by atoms with Gasteiger partial charge < -0.3 is 9.80 Å². The zero-order valence-corrected chi connectivity index (χ0v) is 21.0. The molecule has 2 fully saturated rings. The van der Waals surface area contributed by atoms with Crippen LogP contribution >= 0.6 is 0 Å². The Balaban J connectivity index is 1.37. The first-order valence-electron chi connectivity index (χ1n) is 11.9. The van der Waals surface area contributed by atoms with E-state index >= 15 is 0 Å². The number of nitrogens with zero attached hydrogens (tertiary/aromatic N) is 3. The lowest BCUT2D eigenvalue weighted by Crippen LogP contribution is -2.54. The number of carbonyl (C=O) groups excluding carboxylic acids is 2. The minimum atomic E-state index is -3.59. The maximum atomic E-state index is 13.2. The molecular formula is C26H33N3O4S. The van der Waals surface area contributed by atoms with E-state index in [2.05, 4.69) is 0 Å². The first-order valence-corrected chi connectivity index (χ1v) is 13.3. The van der Waals surface area contributed by atoms with Crippen LogP contribution in [0.3, 0.4) is 0 Å². The molecule has 0 N–H and O–H groups in total. The van der Waals surface area contributed by atoms with Gasteiger partial charge in [-0.1, -0.05) is 35.4 Å². The topological polar surface area (TPSA) is 78.0 Å². The quantitative estimate of drug-likeness (QED) is 0.670. The predicted molar refractivity (Wildman–Crippen MR) is 131 cm³/mol. The van der Waals surface area contributed by atoms with Crippen molar-refractivity contribution in [2.75, 3.05) is 39.3 Å². The highest BCUT2D eigenvalue weighted by molar-refractivity contribution is 7.89. The number of hydrogen-bond donors (Lipinski definition) is 0. The van der Waals surface area contributed by atoms with E-state index in [-0.39, 0.29) is 30.8 Å². The molecule has 2 saturated heterocycles. The largest absolute Gasteiger partial charge is 0.340 e. The summed E-state index contributed by atoms with van der Waals surface area (Å²) < 4.78 is 27.8. The van der Waals surface area contributed by atoms with Crippen molar-refractivity contribution in [3.05, 3.63) is 64.7 Å². The summed E-state index contributed by atoms with van der Waals surface area (Å²) >= 11 is 0. The molecule has 0 spiro atoms. The van der Waals surface area contributed by atoms with E-state index in [0.717, 1.165) is 29.5 Å². The van der Waals surface area contributed by atoms with Crippen molar-refractivity contribution in [2.24, 2.45) is 5.92 Å². The highest BCUT2D eigenvalue weighted by Gasteiger charge is 2.35. The molecule has 0 radical (unpaired) electrons. The maximum absolute atomic E-state index is 13.2. The fourth-order valence-corrected chi connectivity index (χ4v) is 6.50. The number of rotatable bonds is 4. The number of aryl methyl sites for hydroxylation is 3. The van der Waals surface area contributed by atoms with Gasteiger partial charge in [-0.3, -0.25) is 9.59 Å². The van der Waals surface area contributed by atoms with Crippen molar-refractivity contribution in [2.45, 2.75) is 38.5 Å². The van der Waals surface area contributed by atoms with Gasteiger partial charge in [0.2, 0.25) is 15.9 Å². The molecule has 2 heterocycles. The molecular weight excluding hydrogens is 450 g/mol. The SMILES string of the molecule is Cc1ccc(C(=O)N2CCCC(C(=O)N3CCN(S(=O)(=O)c4ccc(C)cc4C)CC3)C2)cc1. The van der Waals surface area contributed by atoms with Gasteiger partial charge >= 0.3 is 0 Å². The highest BCUT2D eigenvalue weighted by Crippen LogP contribution is 2.25. The Morgan fingerprint density at radius 1 is 0.824 bits per heavy atom. The summed E-state index contributed by atoms with van der Waals surface area (Å²) in [5, 5.41) is 0. The van der Waals surface area contributed by atoms with E-state index in [1.807, 2.05) is 57.2 Å². The third-order valence-corrected chi connectivity index (χ3v) is 8.91. The minimum absolute atomic E-state index is 0.0185. The van der Waals surface area contributed by atoms with Gasteiger partial charge in [0.15, 0.2) is 0 Å². The number of hydrogen-bond acceptors (Lipinski definition) is 4. The smallest absolute Gasteiger partial charge is 0.253 e. The van der Waals surface area contributed by atoms with Crippen LogP contribution in [0.25, 0.3) is 0 Å². The molecule has 1 atom stereocenters.